The molecule has 3 rings (SSSR count). The van der Waals surface area contributed by atoms with Crippen LogP contribution in [-0.4, -0.2) is 11.5 Å². The van der Waals surface area contributed by atoms with Gasteiger partial charge in [0.25, 0.3) is 0 Å². The molecule has 0 aliphatic carbocycles. The van der Waals surface area contributed by atoms with Crippen LogP contribution in [0.15, 0.2) is 36.4 Å². The van der Waals surface area contributed by atoms with E-state index in [2.05, 4.69) is 11.4 Å². The van der Waals surface area contributed by atoms with Crippen LogP contribution in [0.4, 0.5) is 11.4 Å². The van der Waals surface area contributed by atoms with Crippen molar-refractivity contribution < 1.29 is 9.66 Å². The lowest BCUT2D eigenvalue weighted by Crippen LogP contribution is -2.12. The summed E-state index contributed by atoms with van der Waals surface area (Å²) in [5.41, 5.74) is 3.04. The standard InChI is InChI=1S/C16H16N2O3/c1-11-7-8-13(18(19)20)15(10-11)21-14-6-2-4-12-5-3-9-17-16(12)14/h2,4,6-8,10,17H,3,5,9H2,1H3. The van der Waals surface area contributed by atoms with Crippen molar-refractivity contribution in [3.05, 3.63) is 57.6 Å². The highest BCUT2D eigenvalue weighted by molar-refractivity contribution is 5.65. The number of rotatable bonds is 3. The molecule has 1 heterocycles. The van der Waals surface area contributed by atoms with E-state index in [9.17, 15) is 10.1 Å². The van der Waals surface area contributed by atoms with Crippen LogP contribution in [0.1, 0.15) is 17.5 Å². The normalized spacial score (nSPS) is 13.2. The maximum atomic E-state index is 11.1. The molecule has 1 N–H and O–H groups in total. The Hall–Kier alpha value is -2.56. The lowest BCUT2D eigenvalue weighted by molar-refractivity contribution is -0.385. The first-order valence-corrected chi connectivity index (χ1v) is 6.94. The van der Waals surface area contributed by atoms with Gasteiger partial charge in [-0.25, -0.2) is 0 Å². The smallest absolute Gasteiger partial charge is 0.311 e. The highest BCUT2D eigenvalue weighted by atomic mass is 16.6. The number of fused-ring (bicyclic) bond motifs is 1. The van der Waals surface area contributed by atoms with Crippen LogP contribution in [0.25, 0.3) is 0 Å². The molecule has 108 valence electrons. The van der Waals surface area contributed by atoms with Gasteiger partial charge >= 0.3 is 5.69 Å². The van der Waals surface area contributed by atoms with E-state index >= 15 is 0 Å². The predicted molar refractivity (Wildman–Crippen MR) is 81.2 cm³/mol. The van der Waals surface area contributed by atoms with Gasteiger partial charge in [-0.15, -0.1) is 0 Å². The van der Waals surface area contributed by atoms with E-state index in [0.29, 0.717) is 5.75 Å². The zero-order chi connectivity index (χ0) is 14.8. The summed E-state index contributed by atoms with van der Waals surface area (Å²) in [4.78, 5) is 10.7. The van der Waals surface area contributed by atoms with E-state index in [1.54, 1.807) is 12.1 Å². The molecule has 0 radical (unpaired) electrons. The van der Waals surface area contributed by atoms with Gasteiger partial charge < -0.3 is 10.1 Å². The minimum atomic E-state index is -0.419. The number of aryl methyl sites for hydroxylation is 2. The number of hydrogen-bond acceptors (Lipinski definition) is 4. The Labute approximate surface area is 122 Å². The van der Waals surface area contributed by atoms with Crippen LogP contribution < -0.4 is 10.1 Å². The molecule has 5 heteroatoms. The van der Waals surface area contributed by atoms with Gasteiger partial charge in [0, 0.05) is 12.6 Å². The molecule has 2 aromatic rings. The molecule has 0 unspecified atom stereocenters. The molecule has 1 aliphatic heterocycles. The van der Waals surface area contributed by atoms with Crippen LogP contribution >= 0.6 is 0 Å². The fourth-order valence-electron chi connectivity index (χ4n) is 2.54. The number of benzene rings is 2. The summed E-state index contributed by atoms with van der Waals surface area (Å²) in [5, 5.41) is 14.4. The minimum absolute atomic E-state index is 0.0194. The first-order valence-electron chi connectivity index (χ1n) is 6.94. The van der Waals surface area contributed by atoms with E-state index in [4.69, 9.17) is 4.74 Å². The van der Waals surface area contributed by atoms with Crippen molar-refractivity contribution >= 4 is 11.4 Å². The molecular formula is C16H16N2O3. The monoisotopic (exact) mass is 284 g/mol. The van der Waals surface area contributed by atoms with Crippen molar-refractivity contribution in [2.45, 2.75) is 19.8 Å². The SMILES string of the molecule is Cc1ccc([N+](=O)[O-])c(Oc2cccc3c2NCCC3)c1. The number of hydrogen-bond donors (Lipinski definition) is 1. The molecule has 0 fully saturated rings. The molecule has 0 amide bonds. The van der Waals surface area contributed by atoms with E-state index in [-0.39, 0.29) is 11.4 Å². The summed E-state index contributed by atoms with van der Waals surface area (Å²) in [5.74, 6) is 0.918. The van der Waals surface area contributed by atoms with Crippen molar-refractivity contribution in [1.29, 1.82) is 0 Å². The topological polar surface area (TPSA) is 64.4 Å². The van der Waals surface area contributed by atoms with Gasteiger partial charge in [0.1, 0.15) is 0 Å². The lowest BCUT2D eigenvalue weighted by Gasteiger charge is -2.21. The Kier molecular flexibility index (Phi) is 3.48. The summed E-state index contributed by atoms with van der Waals surface area (Å²) in [6.45, 7) is 2.78. The third-order valence-electron chi connectivity index (χ3n) is 3.57. The first kappa shape index (κ1) is 13.4. The van der Waals surface area contributed by atoms with Gasteiger partial charge in [0.2, 0.25) is 5.75 Å². The van der Waals surface area contributed by atoms with Crippen molar-refractivity contribution in [3.63, 3.8) is 0 Å². The Bertz CT molecular complexity index is 698. The molecule has 1 aliphatic rings. The zero-order valence-electron chi connectivity index (χ0n) is 11.8. The second-order valence-electron chi connectivity index (χ2n) is 5.15. The van der Waals surface area contributed by atoms with Gasteiger partial charge in [0.05, 0.1) is 10.6 Å². The van der Waals surface area contributed by atoms with Gasteiger partial charge in [-0.3, -0.25) is 10.1 Å². The molecule has 0 saturated heterocycles. The van der Waals surface area contributed by atoms with Crippen molar-refractivity contribution in [1.82, 2.24) is 0 Å². The molecule has 5 nitrogen and oxygen atoms in total. The highest BCUT2D eigenvalue weighted by Gasteiger charge is 2.19. The average molecular weight is 284 g/mol. The fraction of sp³-hybridized carbons (Fsp3) is 0.250. The maximum Gasteiger partial charge on any atom is 0.311 e. The van der Waals surface area contributed by atoms with Gasteiger partial charge in [-0.2, -0.15) is 0 Å². The van der Waals surface area contributed by atoms with Gasteiger partial charge in [-0.1, -0.05) is 18.2 Å². The van der Waals surface area contributed by atoms with Crippen LogP contribution in [0.2, 0.25) is 0 Å². The summed E-state index contributed by atoms with van der Waals surface area (Å²) in [6.07, 6.45) is 2.08. The number of anilines is 1. The highest BCUT2D eigenvalue weighted by Crippen LogP contribution is 2.38. The Morgan fingerprint density at radius 1 is 1.24 bits per heavy atom. The number of nitrogens with zero attached hydrogens (tertiary/aromatic N) is 1. The average Bonchev–Trinajstić information content (AvgIpc) is 2.47. The van der Waals surface area contributed by atoms with E-state index in [0.717, 1.165) is 30.6 Å². The quantitative estimate of drug-likeness (QED) is 0.682. The summed E-state index contributed by atoms with van der Waals surface area (Å²) >= 11 is 0. The zero-order valence-corrected chi connectivity index (χ0v) is 11.8. The molecule has 0 saturated carbocycles. The summed E-state index contributed by atoms with van der Waals surface area (Å²) in [7, 11) is 0. The molecule has 0 spiro atoms. The Balaban J connectivity index is 2.01. The van der Waals surface area contributed by atoms with Crippen molar-refractivity contribution in [3.8, 4) is 11.5 Å². The number of nitro groups is 1. The van der Waals surface area contributed by atoms with Gasteiger partial charge in [0.15, 0.2) is 5.75 Å². The largest absolute Gasteiger partial charge is 0.448 e. The molecule has 2 aromatic carbocycles. The van der Waals surface area contributed by atoms with E-state index in [1.807, 2.05) is 19.1 Å². The Morgan fingerprint density at radius 3 is 2.90 bits per heavy atom. The third-order valence-corrected chi connectivity index (χ3v) is 3.57. The number of nitro benzene ring substituents is 1. The van der Waals surface area contributed by atoms with E-state index < -0.39 is 4.92 Å². The lowest BCUT2D eigenvalue weighted by atomic mass is 10.0. The van der Waals surface area contributed by atoms with Crippen molar-refractivity contribution in [2.24, 2.45) is 0 Å². The van der Waals surface area contributed by atoms with Crippen LogP contribution in [-0.2, 0) is 6.42 Å². The van der Waals surface area contributed by atoms with Crippen molar-refractivity contribution in [2.75, 3.05) is 11.9 Å². The molecular weight excluding hydrogens is 268 g/mol. The predicted octanol–water partition coefficient (Wildman–Crippen LogP) is 4.05. The molecule has 21 heavy (non-hydrogen) atoms. The summed E-state index contributed by atoms with van der Waals surface area (Å²) < 4.78 is 5.85. The summed E-state index contributed by atoms with van der Waals surface area (Å²) in [6, 6.07) is 10.7. The van der Waals surface area contributed by atoms with Crippen LogP contribution in [0.5, 0.6) is 11.5 Å². The fourth-order valence-corrected chi connectivity index (χ4v) is 2.54. The third kappa shape index (κ3) is 2.67. The first-order chi connectivity index (χ1) is 10.1. The van der Waals surface area contributed by atoms with Gasteiger partial charge in [-0.05, 0) is 43.0 Å². The number of nitrogens with one attached hydrogen (secondary N) is 1. The molecule has 0 bridgehead atoms. The Morgan fingerprint density at radius 2 is 2.10 bits per heavy atom. The second kappa shape index (κ2) is 5.44. The van der Waals surface area contributed by atoms with Crippen LogP contribution in [0.3, 0.4) is 0 Å². The molecule has 0 atom stereocenters. The van der Waals surface area contributed by atoms with Crippen LogP contribution in [0, 0.1) is 17.0 Å². The van der Waals surface area contributed by atoms with E-state index in [1.165, 1.54) is 11.6 Å². The number of ether oxygens (including phenoxy) is 1. The number of para-hydroxylation sites is 1. The maximum absolute atomic E-state index is 11.1. The minimum Gasteiger partial charge on any atom is -0.448 e. The second-order valence-corrected chi connectivity index (χ2v) is 5.15. The molecule has 0 aromatic heterocycles.